The van der Waals surface area contributed by atoms with Gasteiger partial charge in [-0.2, -0.15) is 0 Å². The standard InChI is InChI=1S/C25H27ClN2O3S/c1-17(2)20-7-10-22(11-8-20)28(32(30,31)23-12-5-18(3)6-13-23)16-25(29)27-24-14-9-21(26)15-19(24)4/h5-15,17H,16H2,1-4H3,(H,27,29). The molecule has 168 valence electrons. The number of benzene rings is 3. The molecule has 3 aromatic rings. The molecule has 32 heavy (non-hydrogen) atoms. The van der Waals surface area contributed by atoms with E-state index in [1.807, 2.05) is 26.0 Å². The fourth-order valence-corrected chi connectivity index (χ4v) is 4.91. The van der Waals surface area contributed by atoms with Crippen molar-refractivity contribution in [2.45, 2.75) is 38.5 Å². The molecule has 5 nitrogen and oxygen atoms in total. The van der Waals surface area contributed by atoms with Gasteiger partial charge in [-0.15, -0.1) is 0 Å². The highest BCUT2D eigenvalue weighted by Crippen LogP contribution is 2.27. The molecule has 7 heteroatoms. The maximum atomic E-state index is 13.5. The third-order valence-electron chi connectivity index (χ3n) is 5.21. The minimum Gasteiger partial charge on any atom is -0.324 e. The summed E-state index contributed by atoms with van der Waals surface area (Å²) in [5, 5.41) is 3.36. The Morgan fingerprint density at radius 3 is 2.16 bits per heavy atom. The predicted molar refractivity (Wildman–Crippen MR) is 131 cm³/mol. The van der Waals surface area contributed by atoms with Gasteiger partial charge in [0, 0.05) is 10.7 Å². The number of carbonyl (C=O) groups is 1. The molecule has 0 spiro atoms. The predicted octanol–water partition coefficient (Wildman–Crippen LogP) is 5.91. The number of nitrogens with zero attached hydrogens (tertiary/aromatic N) is 1. The van der Waals surface area contributed by atoms with Gasteiger partial charge in [0.15, 0.2) is 0 Å². The van der Waals surface area contributed by atoms with Crippen LogP contribution in [0.3, 0.4) is 0 Å². The van der Waals surface area contributed by atoms with Crippen LogP contribution in [0, 0.1) is 13.8 Å². The Bertz CT molecular complexity index is 1200. The number of amides is 1. The third kappa shape index (κ3) is 5.50. The maximum absolute atomic E-state index is 13.5. The fraction of sp³-hybridized carbons (Fsp3) is 0.240. The van der Waals surface area contributed by atoms with Crippen LogP contribution in [-0.4, -0.2) is 20.9 Å². The number of anilines is 2. The van der Waals surface area contributed by atoms with Crippen LogP contribution < -0.4 is 9.62 Å². The first-order chi connectivity index (χ1) is 15.1. The molecule has 0 heterocycles. The van der Waals surface area contributed by atoms with Gasteiger partial charge in [-0.05, 0) is 73.4 Å². The minimum absolute atomic E-state index is 0.131. The van der Waals surface area contributed by atoms with Crippen molar-refractivity contribution >= 4 is 38.9 Å². The molecule has 3 rings (SSSR count). The number of sulfonamides is 1. The van der Waals surface area contributed by atoms with E-state index in [1.54, 1.807) is 54.6 Å². The SMILES string of the molecule is Cc1ccc(S(=O)(=O)N(CC(=O)Nc2ccc(Cl)cc2C)c2ccc(C(C)C)cc2)cc1. The van der Waals surface area contributed by atoms with Crippen molar-refractivity contribution in [1.29, 1.82) is 0 Å². The molecule has 0 unspecified atom stereocenters. The van der Waals surface area contributed by atoms with Crippen molar-refractivity contribution in [3.05, 3.63) is 88.4 Å². The van der Waals surface area contributed by atoms with E-state index in [-0.39, 0.29) is 11.4 Å². The summed E-state index contributed by atoms with van der Waals surface area (Å²) in [4.78, 5) is 13.0. The normalized spacial score (nSPS) is 11.4. The van der Waals surface area contributed by atoms with Crippen LogP contribution in [0.5, 0.6) is 0 Å². The lowest BCUT2D eigenvalue weighted by Gasteiger charge is -2.25. The summed E-state index contributed by atoms with van der Waals surface area (Å²) in [7, 11) is -3.96. The van der Waals surface area contributed by atoms with Crippen LogP contribution >= 0.6 is 11.6 Å². The Morgan fingerprint density at radius 1 is 0.969 bits per heavy atom. The van der Waals surface area contributed by atoms with Crippen molar-refractivity contribution in [2.75, 3.05) is 16.2 Å². The van der Waals surface area contributed by atoms with Crippen molar-refractivity contribution < 1.29 is 13.2 Å². The first-order valence-electron chi connectivity index (χ1n) is 10.3. The molecular weight excluding hydrogens is 444 g/mol. The summed E-state index contributed by atoms with van der Waals surface area (Å²) in [6.45, 7) is 7.49. The van der Waals surface area contributed by atoms with Gasteiger partial charge < -0.3 is 5.32 Å². The molecule has 0 saturated heterocycles. The Kier molecular flexibility index (Phi) is 7.26. The van der Waals surface area contributed by atoms with Gasteiger partial charge in [0.25, 0.3) is 10.0 Å². The molecule has 0 radical (unpaired) electrons. The van der Waals surface area contributed by atoms with E-state index in [1.165, 1.54) is 0 Å². The number of rotatable bonds is 7. The van der Waals surface area contributed by atoms with Gasteiger partial charge >= 0.3 is 0 Å². The Hall–Kier alpha value is -2.83. The summed E-state index contributed by atoms with van der Waals surface area (Å²) >= 11 is 5.99. The minimum atomic E-state index is -3.96. The van der Waals surface area contributed by atoms with Crippen LogP contribution in [0.1, 0.15) is 36.5 Å². The molecule has 0 fully saturated rings. The summed E-state index contributed by atoms with van der Waals surface area (Å²) < 4.78 is 28.1. The molecule has 0 saturated carbocycles. The van der Waals surface area contributed by atoms with E-state index in [0.29, 0.717) is 22.3 Å². The highest BCUT2D eigenvalue weighted by atomic mass is 35.5. The second-order valence-electron chi connectivity index (χ2n) is 8.08. The average Bonchev–Trinajstić information content (AvgIpc) is 2.74. The van der Waals surface area contributed by atoms with Crippen molar-refractivity contribution in [3.63, 3.8) is 0 Å². The second kappa shape index (κ2) is 9.76. The van der Waals surface area contributed by atoms with Gasteiger partial charge in [-0.3, -0.25) is 9.10 Å². The van der Waals surface area contributed by atoms with E-state index in [9.17, 15) is 13.2 Å². The van der Waals surface area contributed by atoms with Gasteiger partial charge in [0.2, 0.25) is 5.91 Å². The smallest absolute Gasteiger partial charge is 0.264 e. The second-order valence-corrected chi connectivity index (χ2v) is 10.4. The highest BCUT2D eigenvalue weighted by molar-refractivity contribution is 7.92. The largest absolute Gasteiger partial charge is 0.324 e. The lowest BCUT2D eigenvalue weighted by Crippen LogP contribution is -2.38. The molecule has 0 bridgehead atoms. The molecular formula is C25H27ClN2O3S. The summed E-state index contributed by atoms with van der Waals surface area (Å²) in [5.74, 6) is -0.138. The van der Waals surface area contributed by atoms with Crippen LogP contribution in [0.4, 0.5) is 11.4 Å². The van der Waals surface area contributed by atoms with Crippen LogP contribution in [-0.2, 0) is 14.8 Å². The topological polar surface area (TPSA) is 66.5 Å². The summed E-state index contributed by atoms with van der Waals surface area (Å²) in [6, 6.07) is 19.0. The molecule has 0 aromatic heterocycles. The van der Waals surface area contributed by atoms with Crippen molar-refractivity contribution in [2.24, 2.45) is 0 Å². The Labute approximate surface area is 195 Å². The molecule has 3 aromatic carbocycles. The molecule has 0 aliphatic carbocycles. The van der Waals surface area contributed by atoms with E-state index in [0.717, 1.165) is 21.0 Å². The zero-order valence-electron chi connectivity index (χ0n) is 18.6. The average molecular weight is 471 g/mol. The van der Waals surface area contributed by atoms with Crippen LogP contribution in [0.25, 0.3) is 0 Å². The number of halogens is 1. The fourth-order valence-electron chi connectivity index (χ4n) is 3.27. The highest BCUT2D eigenvalue weighted by Gasteiger charge is 2.27. The van der Waals surface area contributed by atoms with E-state index in [4.69, 9.17) is 11.6 Å². The van der Waals surface area contributed by atoms with E-state index >= 15 is 0 Å². The van der Waals surface area contributed by atoms with Gasteiger partial charge in [0.1, 0.15) is 6.54 Å². The van der Waals surface area contributed by atoms with Crippen LogP contribution in [0.2, 0.25) is 5.02 Å². The lowest BCUT2D eigenvalue weighted by molar-refractivity contribution is -0.114. The number of aryl methyl sites for hydroxylation is 2. The zero-order chi connectivity index (χ0) is 23.5. The molecule has 0 aliphatic heterocycles. The summed E-state index contributed by atoms with van der Waals surface area (Å²) in [6.07, 6.45) is 0. The Balaban J connectivity index is 1.96. The first kappa shape index (κ1) is 23.8. The van der Waals surface area contributed by atoms with Crippen molar-refractivity contribution in [1.82, 2.24) is 0 Å². The summed E-state index contributed by atoms with van der Waals surface area (Å²) in [5.41, 5.74) is 3.84. The number of carbonyl (C=O) groups excluding carboxylic acids is 1. The van der Waals surface area contributed by atoms with Crippen LogP contribution in [0.15, 0.2) is 71.6 Å². The molecule has 0 aliphatic rings. The van der Waals surface area contributed by atoms with Crippen molar-refractivity contribution in [3.8, 4) is 0 Å². The molecule has 1 N–H and O–H groups in total. The quantitative estimate of drug-likeness (QED) is 0.466. The lowest BCUT2D eigenvalue weighted by atomic mass is 10.0. The third-order valence-corrected chi connectivity index (χ3v) is 7.23. The van der Waals surface area contributed by atoms with E-state index < -0.39 is 15.9 Å². The first-order valence-corrected chi connectivity index (χ1v) is 12.1. The van der Waals surface area contributed by atoms with E-state index in [2.05, 4.69) is 19.2 Å². The zero-order valence-corrected chi connectivity index (χ0v) is 20.2. The maximum Gasteiger partial charge on any atom is 0.264 e. The monoisotopic (exact) mass is 470 g/mol. The molecule has 1 amide bonds. The number of hydrogen-bond acceptors (Lipinski definition) is 3. The van der Waals surface area contributed by atoms with Gasteiger partial charge in [-0.25, -0.2) is 8.42 Å². The number of nitrogens with one attached hydrogen (secondary N) is 1. The number of hydrogen-bond donors (Lipinski definition) is 1. The van der Waals surface area contributed by atoms with Gasteiger partial charge in [0.05, 0.1) is 10.6 Å². The Morgan fingerprint density at radius 2 is 1.59 bits per heavy atom. The molecule has 0 atom stereocenters. The van der Waals surface area contributed by atoms with Gasteiger partial charge in [-0.1, -0.05) is 55.3 Å².